The largest absolute Gasteiger partial charge is 0.354 e. The summed E-state index contributed by atoms with van der Waals surface area (Å²) in [5.74, 6) is -0.881. The van der Waals surface area contributed by atoms with Crippen molar-refractivity contribution in [3.8, 4) is 0 Å². The fraction of sp³-hybridized carbons (Fsp3) is 0.286. The molecule has 1 aromatic rings. The highest BCUT2D eigenvalue weighted by Gasteiger charge is 2.22. The lowest BCUT2D eigenvalue weighted by Crippen LogP contribution is -2.49. The predicted octanol–water partition coefficient (Wildman–Crippen LogP) is 1.02. The lowest BCUT2D eigenvalue weighted by Gasteiger charge is -2.21. The summed E-state index contributed by atoms with van der Waals surface area (Å²) in [6, 6.07) is 5.00. The number of nitrogens with one attached hydrogen (secondary N) is 2. The minimum absolute atomic E-state index is 0.0383. The Kier molecular flexibility index (Phi) is 5.20. The van der Waals surface area contributed by atoms with Gasteiger partial charge < -0.3 is 10.6 Å². The average Bonchev–Trinajstić information content (AvgIpc) is 2.48. The molecule has 0 aliphatic carbocycles. The summed E-state index contributed by atoms with van der Waals surface area (Å²) in [6.45, 7) is 0.589. The summed E-state index contributed by atoms with van der Waals surface area (Å²) in [6.07, 6.45) is 2.21. The van der Waals surface area contributed by atoms with Gasteiger partial charge in [-0.15, -0.1) is 0 Å². The van der Waals surface area contributed by atoms with Crippen molar-refractivity contribution in [1.29, 1.82) is 0 Å². The molecule has 0 unspecified atom stereocenters. The van der Waals surface area contributed by atoms with Crippen LogP contribution >= 0.6 is 11.6 Å². The second-order valence-electron chi connectivity index (χ2n) is 4.80. The van der Waals surface area contributed by atoms with E-state index in [-0.39, 0.29) is 10.8 Å². The summed E-state index contributed by atoms with van der Waals surface area (Å²) in [7, 11) is -3.73. The number of hydrogen-bond acceptors (Lipinski definition) is 4. The summed E-state index contributed by atoms with van der Waals surface area (Å²) in [5, 5.41) is 6.34. The van der Waals surface area contributed by atoms with Crippen LogP contribution in [0.25, 0.3) is 0 Å². The highest BCUT2D eigenvalue weighted by atomic mass is 35.5. The molecular weight excluding hydrogens is 328 g/mol. The third-order valence-electron chi connectivity index (χ3n) is 3.14. The molecule has 2 amide bonds. The van der Waals surface area contributed by atoms with E-state index in [0.29, 0.717) is 18.0 Å². The van der Waals surface area contributed by atoms with Crippen LogP contribution in [-0.4, -0.2) is 32.8 Å². The lowest BCUT2D eigenvalue weighted by molar-refractivity contribution is -0.128. The normalized spacial score (nSPS) is 19.0. The molecule has 0 aromatic heterocycles. The first-order chi connectivity index (χ1) is 10.4. The van der Waals surface area contributed by atoms with E-state index in [4.69, 9.17) is 11.6 Å². The number of carbonyl (C=O) groups excluding carboxylic acids is 2. The van der Waals surface area contributed by atoms with Gasteiger partial charge in [0.2, 0.25) is 11.8 Å². The van der Waals surface area contributed by atoms with E-state index in [0.717, 1.165) is 17.9 Å². The standard InChI is InChI=1S/C14H15ClN2O4S/c15-10-3-5-11(6-4-10)22(20,21)9-7-13(18)17-12-2-1-8-16-14(12)19/h3-7,9,12H,1-2,8H2,(H,16,19)(H,17,18)/b9-7+/t12-/m0/s1. The Bertz CT molecular complexity index is 698. The summed E-state index contributed by atoms with van der Waals surface area (Å²) < 4.78 is 24.0. The van der Waals surface area contributed by atoms with Gasteiger partial charge in [-0.3, -0.25) is 9.59 Å². The minimum atomic E-state index is -3.73. The van der Waals surface area contributed by atoms with E-state index in [1.807, 2.05) is 0 Å². The van der Waals surface area contributed by atoms with Gasteiger partial charge in [-0.1, -0.05) is 11.6 Å². The molecule has 1 atom stereocenters. The first kappa shape index (κ1) is 16.5. The van der Waals surface area contributed by atoms with E-state index in [9.17, 15) is 18.0 Å². The molecule has 1 fully saturated rings. The molecule has 1 aliphatic heterocycles. The van der Waals surface area contributed by atoms with Crippen molar-refractivity contribution in [3.63, 3.8) is 0 Å². The van der Waals surface area contributed by atoms with Gasteiger partial charge in [0.05, 0.1) is 4.90 Å². The second-order valence-corrected chi connectivity index (χ2v) is 7.07. The van der Waals surface area contributed by atoms with E-state index in [2.05, 4.69) is 10.6 Å². The average molecular weight is 343 g/mol. The van der Waals surface area contributed by atoms with Crippen LogP contribution < -0.4 is 10.6 Å². The molecule has 1 saturated heterocycles. The highest BCUT2D eigenvalue weighted by Crippen LogP contribution is 2.16. The van der Waals surface area contributed by atoms with Crippen LogP contribution in [0.2, 0.25) is 5.02 Å². The van der Waals surface area contributed by atoms with Crippen molar-refractivity contribution in [2.45, 2.75) is 23.8 Å². The Labute approximate surface area is 133 Å². The van der Waals surface area contributed by atoms with Crippen LogP contribution in [0.15, 0.2) is 40.6 Å². The molecule has 8 heteroatoms. The molecule has 2 rings (SSSR count). The van der Waals surface area contributed by atoms with E-state index in [1.165, 1.54) is 24.3 Å². The molecule has 1 aromatic carbocycles. The van der Waals surface area contributed by atoms with Crippen molar-refractivity contribution >= 4 is 33.3 Å². The molecule has 2 N–H and O–H groups in total. The van der Waals surface area contributed by atoms with E-state index < -0.39 is 21.8 Å². The maximum absolute atomic E-state index is 12.0. The molecule has 0 saturated carbocycles. The third kappa shape index (κ3) is 4.32. The quantitative estimate of drug-likeness (QED) is 0.799. The molecule has 118 valence electrons. The molecule has 1 heterocycles. The van der Waals surface area contributed by atoms with Crippen molar-refractivity contribution in [2.75, 3.05) is 6.54 Å². The van der Waals surface area contributed by atoms with Gasteiger partial charge in [-0.25, -0.2) is 8.42 Å². The van der Waals surface area contributed by atoms with Gasteiger partial charge in [0.15, 0.2) is 9.84 Å². The second kappa shape index (κ2) is 6.93. The van der Waals surface area contributed by atoms with Crippen LogP contribution in [0.3, 0.4) is 0 Å². The number of hydrogen-bond donors (Lipinski definition) is 2. The summed E-state index contributed by atoms with van der Waals surface area (Å²) in [4.78, 5) is 23.3. The van der Waals surface area contributed by atoms with Crippen LogP contribution in [0.5, 0.6) is 0 Å². The minimum Gasteiger partial charge on any atom is -0.354 e. The Morgan fingerprint density at radius 1 is 1.32 bits per heavy atom. The van der Waals surface area contributed by atoms with Crippen molar-refractivity contribution < 1.29 is 18.0 Å². The zero-order chi connectivity index (χ0) is 16.2. The maximum atomic E-state index is 12.0. The summed E-state index contributed by atoms with van der Waals surface area (Å²) in [5.41, 5.74) is 0. The maximum Gasteiger partial charge on any atom is 0.245 e. The van der Waals surface area contributed by atoms with E-state index in [1.54, 1.807) is 0 Å². The number of halogens is 1. The topological polar surface area (TPSA) is 92.3 Å². The zero-order valence-electron chi connectivity index (χ0n) is 11.6. The lowest BCUT2D eigenvalue weighted by atomic mass is 10.1. The number of sulfone groups is 1. The van der Waals surface area contributed by atoms with Gasteiger partial charge in [0, 0.05) is 23.1 Å². The Morgan fingerprint density at radius 3 is 2.64 bits per heavy atom. The zero-order valence-corrected chi connectivity index (χ0v) is 13.2. The predicted molar refractivity (Wildman–Crippen MR) is 82.0 cm³/mol. The number of benzene rings is 1. The van der Waals surface area contributed by atoms with Crippen LogP contribution in [0, 0.1) is 0 Å². The van der Waals surface area contributed by atoms with Crippen molar-refractivity contribution in [1.82, 2.24) is 10.6 Å². The van der Waals surface area contributed by atoms with E-state index >= 15 is 0 Å². The molecule has 0 bridgehead atoms. The number of amides is 2. The highest BCUT2D eigenvalue weighted by molar-refractivity contribution is 7.94. The fourth-order valence-electron chi connectivity index (χ4n) is 1.98. The fourth-order valence-corrected chi connectivity index (χ4v) is 3.09. The van der Waals surface area contributed by atoms with Crippen molar-refractivity contribution in [2.24, 2.45) is 0 Å². The molecule has 22 heavy (non-hydrogen) atoms. The molecular formula is C14H15ClN2O4S. The Hall–Kier alpha value is -1.86. The van der Waals surface area contributed by atoms with Gasteiger partial charge in [-0.05, 0) is 37.1 Å². The monoisotopic (exact) mass is 342 g/mol. The van der Waals surface area contributed by atoms with Gasteiger partial charge >= 0.3 is 0 Å². The molecule has 1 aliphatic rings. The number of rotatable bonds is 4. The van der Waals surface area contributed by atoms with Gasteiger partial charge in [0.25, 0.3) is 0 Å². The smallest absolute Gasteiger partial charge is 0.245 e. The first-order valence-corrected chi connectivity index (χ1v) is 8.58. The molecule has 6 nitrogen and oxygen atoms in total. The number of carbonyl (C=O) groups is 2. The Balaban J connectivity index is 2.02. The number of piperidine rings is 1. The van der Waals surface area contributed by atoms with Gasteiger partial charge in [0.1, 0.15) is 6.04 Å². The Morgan fingerprint density at radius 2 is 2.00 bits per heavy atom. The van der Waals surface area contributed by atoms with Crippen LogP contribution in [0.4, 0.5) is 0 Å². The SMILES string of the molecule is O=C(/C=C/S(=O)(=O)c1ccc(Cl)cc1)N[C@H]1CCCNC1=O. The molecule has 0 spiro atoms. The van der Waals surface area contributed by atoms with Crippen LogP contribution in [-0.2, 0) is 19.4 Å². The van der Waals surface area contributed by atoms with Gasteiger partial charge in [-0.2, -0.15) is 0 Å². The summed E-state index contributed by atoms with van der Waals surface area (Å²) >= 11 is 5.70. The van der Waals surface area contributed by atoms with Crippen LogP contribution in [0.1, 0.15) is 12.8 Å². The third-order valence-corrected chi connectivity index (χ3v) is 4.82. The first-order valence-electron chi connectivity index (χ1n) is 6.65. The van der Waals surface area contributed by atoms with Crippen molar-refractivity contribution in [3.05, 3.63) is 40.8 Å². The molecule has 0 radical (unpaired) electrons.